The van der Waals surface area contributed by atoms with E-state index in [1.165, 1.54) is 30.3 Å². The van der Waals surface area contributed by atoms with Gasteiger partial charge in [0.25, 0.3) is 0 Å². The Morgan fingerprint density at radius 2 is 2.14 bits per heavy atom. The molecule has 0 spiro atoms. The van der Waals surface area contributed by atoms with E-state index in [1.807, 2.05) is 0 Å². The number of nitro groups is 1. The van der Waals surface area contributed by atoms with Crippen molar-refractivity contribution in [2.24, 2.45) is 0 Å². The van der Waals surface area contributed by atoms with E-state index < -0.39 is 17.0 Å². The van der Waals surface area contributed by atoms with Crippen molar-refractivity contribution in [3.05, 3.63) is 57.0 Å². The molecule has 1 N–H and O–H groups in total. The van der Waals surface area contributed by atoms with Gasteiger partial charge in [0.2, 0.25) is 11.5 Å². The summed E-state index contributed by atoms with van der Waals surface area (Å²) in [5.41, 5.74) is -0.278. The van der Waals surface area contributed by atoms with Crippen LogP contribution in [0.3, 0.4) is 0 Å². The highest BCUT2D eigenvalue weighted by atomic mass is 35.5. The molecule has 1 aromatic heterocycles. The van der Waals surface area contributed by atoms with Gasteiger partial charge in [0.15, 0.2) is 6.10 Å². The zero-order valence-electron chi connectivity index (χ0n) is 10.8. The maximum atomic E-state index is 11.0. The summed E-state index contributed by atoms with van der Waals surface area (Å²) in [6, 6.07) is 6.86. The molecule has 0 saturated carbocycles. The lowest BCUT2D eigenvalue weighted by molar-refractivity contribution is -0.386. The summed E-state index contributed by atoms with van der Waals surface area (Å²) >= 11 is 5.91. The lowest BCUT2D eigenvalue weighted by atomic mass is 10.2. The first-order chi connectivity index (χ1) is 9.90. The number of rotatable bonds is 5. The third-order valence-corrected chi connectivity index (χ3v) is 2.97. The number of benzene rings is 1. The first kappa shape index (κ1) is 14.9. The van der Waals surface area contributed by atoms with E-state index in [9.17, 15) is 14.9 Å². The van der Waals surface area contributed by atoms with E-state index in [2.05, 4.69) is 0 Å². The van der Waals surface area contributed by atoms with Crippen molar-refractivity contribution in [1.82, 2.24) is 0 Å². The van der Waals surface area contributed by atoms with Gasteiger partial charge in [-0.3, -0.25) is 10.1 Å². The molecule has 7 nitrogen and oxygen atoms in total. The lowest BCUT2D eigenvalue weighted by Crippen LogP contribution is -2.04. The zero-order valence-corrected chi connectivity index (χ0v) is 11.5. The van der Waals surface area contributed by atoms with Gasteiger partial charge < -0.3 is 14.3 Å². The van der Waals surface area contributed by atoms with Crippen LogP contribution in [0, 0.1) is 10.1 Å². The van der Waals surface area contributed by atoms with Crippen LogP contribution in [-0.2, 0) is 0 Å². The van der Waals surface area contributed by atoms with Gasteiger partial charge in [-0.2, -0.15) is 0 Å². The number of nitrogens with zero attached hydrogens (tertiary/aromatic N) is 1. The van der Waals surface area contributed by atoms with Crippen molar-refractivity contribution in [1.29, 1.82) is 0 Å². The second-order valence-corrected chi connectivity index (χ2v) is 4.52. The molecule has 2 aromatic rings. The highest BCUT2D eigenvalue weighted by Crippen LogP contribution is 2.37. The number of carboxylic acid groups (broad SMARTS) is 1. The number of ether oxygens (including phenoxy) is 1. The number of furan rings is 1. The number of aromatic carboxylic acids is 1. The summed E-state index contributed by atoms with van der Waals surface area (Å²) in [6.45, 7) is 1.57. The quantitative estimate of drug-likeness (QED) is 0.667. The minimum Gasteiger partial charge on any atom is -0.475 e. The van der Waals surface area contributed by atoms with Crippen molar-refractivity contribution in [3.8, 4) is 5.75 Å². The van der Waals surface area contributed by atoms with Crippen LogP contribution in [0.4, 0.5) is 5.69 Å². The summed E-state index contributed by atoms with van der Waals surface area (Å²) in [7, 11) is 0. The number of hydrogen-bond donors (Lipinski definition) is 1. The van der Waals surface area contributed by atoms with Crippen LogP contribution < -0.4 is 4.74 Å². The summed E-state index contributed by atoms with van der Waals surface area (Å²) in [5, 5.41) is 19.8. The predicted octanol–water partition coefficient (Wildman–Crippen LogP) is 3.68. The number of nitro benzene ring substituents is 1. The summed E-state index contributed by atoms with van der Waals surface area (Å²) in [6.07, 6.45) is -0.739. The van der Waals surface area contributed by atoms with Crippen molar-refractivity contribution in [2.75, 3.05) is 0 Å². The van der Waals surface area contributed by atoms with Gasteiger partial charge in [0.1, 0.15) is 5.76 Å². The predicted molar refractivity (Wildman–Crippen MR) is 72.8 cm³/mol. The van der Waals surface area contributed by atoms with E-state index in [0.717, 1.165) is 0 Å². The molecule has 0 bridgehead atoms. The molecule has 1 unspecified atom stereocenters. The maximum Gasteiger partial charge on any atom is 0.371 e. The van der Waals surface area contributed by atoms with Gasteiger partial charge in [0, 0.05) is 6.07 Å². The van der Waals surface area contributed by atoms with Crippen LogP contribution >= 0.6 is 11.6 Å². The summed E-state index contributed by atoms with van der Waals surface area (Å²) in [4.78, 5) is 21.1. The average Bonchev–Trinajstić information content (AvgIpc) is 2.90. The Hall–Kier alpha value is -2.54. The number of hydrogen-bond acceptors (Lipinski definition) is 5. The van der Waals surface area contributed by atoms with Crippen LogP contribution in [0.15, 0.2) is 34.7 Å². The highest BCUT2D eigenvalue weighted by Gasteiger charge is 2.23. The van der Waals surface area contributed by atoms with E-state index >= 15 is 0 Å². The number of para-hydroxylation sites is 1. The molecule has 21 heavy (non-hydrogen) atoms. The zero-order chi connectivity index (χ0) is 15.6. The number of carboxylic acids is 1. The molecular formula is C13H10ClNO6. The topological polar surface area (TPSA) is 103 Å². The molecular weight excluding hydrogens is 302 g/mol. The summed E-state index contributed by atoms with van der Waals surface area (Å²) < 4.78 is 10.5. The van der Waals surface area contributed by atoms with Crippen LogP contribution in [-0.4, -0.2) is 16.0 Å². The fourth-order valence-corrected chi connectivity index (χ4v) is 1.89. The van der Waals surface area contributed by atoms with Gasteiger partial charge in [0.05, 0.1) is 9.95 Å². The average molecular weight is 312 g/mol. The second kappa shape index (κ2) is 5.84. The molecule has 0 aliphatic heterocycles. The van der Waals surface area contributed by atoms with Crippen molar-refractivity contribution in [2.45, 2.75) is 13.0 Å². The highest BCUT2D eigenvalue weighted by molar-refractivity contribution is 6.32. The first-order valence-corrected chi connectivity index (χ1v) is 6.20. The van der Waals surface area contributed by atoms with Crippen molar-refractivity contribution >= 4 is 23.3 Å². The molecule has 8 heteroatoms. The monoisotopic (exact) mass is 311 g/mol. The van der Waals surface area contributed by atoms with Gasteiger partial charge in [-0.25, -0.2) is 4.79 Å². The number of halogens is 1. The number of carbonyl (C=O) groups is 1. The maximum absolute atomic E-state index is 11.0. The standard InChI is InChI=1S/C13H10ClNO6/c1-7(10-5-6-11(21-10)13(16)17)20-12-8(14)3-2-4-9(12)15(18)19/h2-7H,1H3,(H,16,17). The first-order valence-electron chi connectivity index (χ1n) is 5.82. The lowest BCUT2D eigenvalue weighted by Gasteiger charge is -2.13. The van der Waals surface area contributed by atoms with Crippen LogP contribution in [0.5, 0.6) is 5.75 Å². The molecule has 0 amide bonds. The second-order valence-electron chi connectivity index (χ2n) is 4.11. The molecule has 1 atom stereocenters. The fraction of sp³-hybridized carbons (Fsp3) is 0.154. The van der Waals surface area contributed by atoms with Gasteiger partial charge in [-0.05, 0) is 25.1 Å². The molecule has 0 fully saturated rings. The molecule has 0 radical (unpaired) electrons. The molecule has 1 aromatic carbocycles. The van der Waals surface area contributed by atoms with Crippen molar-refractivity contribution in [3.63, 3.8) is 0 Å². The smallest absolute Gasteiger partial charge is 0.371 e. The van der Waals surface area contributed by atoms with Crippen molar-refractivity contribution < 1.29 is 24.0 Å². The molecule has 2 rings (SSSR count). The van der Waals surface area contributed by atoms with Gasteiger partial charge in [-0.15, -0.1) is 0 Å². The Labute approximate surface area is 123 Å². The normalized spacial score (nSPS) is 11.9. The summed E-state index contributed by atoms with van der Waals surface area (Å²) in [5.74, 6) is -1.32. The van der Waals surface area contributed by atoms with Gasteiger partial charge in [-0.1, -0.05) is 17.7 Å². The van der Waals surface area contributed by atoms with Crippen LogP contribution in [0.2, 0.25) is 5.02 Å². The van der Waals surface area contributed by atoms with E-state index in [-0.39, 0.29) is 28.0 Å². The fourth-order valence-electron chi connectivity index (χ4n) is 1.68. The molecule has 0 saturated heterocycles. The van der Waals surface area contributed by atoms with E-state index in [0.29, 0.717) is 0 Å². The van der Waals surface area contributed by atoms with E-state index in [4.69, 9.17) is 25.9 Å². The van der Waals surface area contributed by atoms with Gasteiger partial charge >= 0.3 is 11.7 Å². The molecule has 0 aliphatic carbocycles. The Morgan fingerprint density at radius 3 is 2.71 bits per heavy atom. The minimum absolute atomic E-state index is 0.0843. The van der Waals surface area contributed by atoms with Crippen LogP contribution in [0.25, 0.3) is 0 Å². The minimum atomic E-state index is -1.21. The van der Waals surface area contributed by atoms with E-state index in [1.54, 1.807) is 6.92 Å². The molecule has 0 aliphatic rings. The third-order valence-electron chi connectivity index (χ3n) is 2.68. The molecule has 1 heterocycles. The third kappa shape index (κ3) is 3.14. The SMILES string of the molecule is CC(Oc1c(Cl)cccc1[N+](=O)[O-])c1ccc(C(=O)O)o1. The Bertz CT molecular complexity index is 696. The van der Waals surface area contributed by atoms with Crippen LogP contribution in [0.1, 0.15) is 29.3 Å². The molecule has 110 valence electrons. The Kier molecular flexibility index (Phi) is 4.13. The Balaban J connectivity index is 2.28. The Morgan fingerprint density at radius 1 is 1.43 bits per heavy atom. The largest absolute Gasteiger partial charge is 0.475 e.